The molecule has 1 unspecified atom stereocenters. The molecule has 0 bridgehead atoms. The summed E-state index contributed by atoms with van der Waals surface area (Å²) >= 11 is 2.17. The van der Waals surface area contributed by atoms with Gasteiger partial charge in [-0.25, -0.2) is 4.21 Å². The van der Waals surface area contributed by atoms with Gasteiger partial charge in [0.05, 0.1) is 0 Å². The molecular formula is C10H12I2O2S. The van der Waals surface area contributed by atoms with Gasteiger partial charge >= 0.3 is 0 Å². The Morgan fingerprint density at radius 3 is 2.33 bits per heavy atom. The van der Waals surface area contributed by atoms with Crippen LogP contribution in [0.3, 0.4) is 0 Å². The highest BCUT2D eigenvalue weighted by Crippen LogP contribution is 2.44. The van der Waals surface area contributed by atoms with E-state index in [0.29, 0.717) is 5.92 Å². The van der Waals surface area contributed by atoms with Gasteiger partial charge in [-0.2, -0.15) is 0 Å². The van der Waals surface area contributed by atoms with E-state index in [4.69, 9.17) is 0 Å². The number of alkyl halides is 2. The lowest BCUT2D eigenvalue weighted by molar-refractivity contribution is 0.562. The minimum atomic E-state index is -1.88. The first kappa shape index (κ1) is 13.9. The van der Waals surface area contributed by atoms with Crippen molar-refractivity contribution >= 4 is 56.3 Å². The summed E-state index contributed by atoms with van der Waals surface area (Å²) in [5, 5.41) is 0. The molecule has 15 heavy (non-hydrogen) atoms. The molecule has 1 rings (SSSR count). The highest BCUT2D eigenvalue weighted by molar-refractivity contribution is 14.2. The molecule has 0 aliphatic heterocycles. The lowest BCUT2D eigenvalue weighted by Crippen LogP contribution is -2.17. The summed E-state index contributed by atoms with van der Waals surface area (Å²) in [4.78, 5) is 0. The van der Waals surface area contributed by atoms with Crippen molar-refractivity contribution in [2.24, 2.45) is 0 Å². The predicted molar refractivity (Wildman–Crippen MR) is 81.0 cm³/mol. The predicted octanol–water partition coefficient (Wildman–Crippen LogP) is 4.01. The van der Waals surface area contributed by atoms with Crippen LogP contribution in [0.2, 0.25) is 0 Å². The van der Waals surface area contributed by atoms with E-state index in [2.05, 4.69) is 13.8 Å². The number of rotatable bonds is 3. The van der Waals surface area contributed by atoms with Gasteiger partial charge in [-0.1, -0.05) is 38.1 Å². The number of benzene rings is 1. The van der Waals surface area contributed by atoms with Gasteiger partial charge in [0.25, 0.3) is 0 Å². The summed E-state index contributed by atoms with van der Waals surface area (Å²) in [6, 6.07) is 7.80. The first-order valence-corrected chi connectivity index (χ1v) is 7.72. The second kappa shape index (κ2) is 5.42. The van der Waals surface area contributed by atoms with Crippen LogP contribution in [-0.2, 0) is 11.8 Å². The average Bonchev–Trinajstić information content (AvgIpc) is 2.17. The lowest BCUT2D eigenvalue weighted by Gasteiger charge is -2.22. The van der Waals surface area contributed by atoms with Crippen molar-refractivity contribution in [3.8, 4) is 0 Å². The lowest BCUT2D eigenvalue weighted by atomic mass is 9.98. The molecule has 0 heterocycles. The Hall–Kier alpha value is 0.790. The maximum Gasteiger partial charge on any atom is 0.198 e. The zero-order valence-corrected chi connectivity index (χ0v) is 13.5. The van der Waals surface area contributed by atoms with Crippen molar-refractivity contribution in [3.63, 3.8) is 0 Å². The Labute approximate surface area is 120 Å². The smallest absolute Gasteiger partial charge is 0.198 e. The SMILES string of the molecule is CC(C)c1ccccc1C(I)(I)S(=O)O. The topological polar surface area (TPSA) is 37.3 Å². The van der Waals surface area contributed by atoms with Gasteiger partial charge in [-0.3, -0.25) is 0 Å². The van der Waals surface area contributed by atoms with E-state index in [1.807, 2.05) is 69.4 Å². The van der Waals surface area contributed by atoms with Crippen molar-refractivity contribution in [2.45, 2.75) is 20.5 Å². The van der Waals surface area contributed by atoms with Gasteiger partial charge in [0.2, 0.25) is 0 Å². The first-order chi connectivity index (χ1) is 6.87. The average molecular weight is 450 g/mol. The number of halogens is 2. The number of hydrogen-bond donors (Lipinski definition) is 1. The number of hydrogen-bond acceptors (Lipinski definition) is 1. The molecule has 1 aromatic rings. The fraction of sp³-hybridized carbons (Fsp3) is 0.400. The zero-order valence-electron chi connectivity index (χ0n) is 8.41. The van der Waals surface area contributed by atoms with Crippen LogP contribution >= 0.6 is 45.2 Å². The van der Waals surface area contributed by atoms with Gasteiger partial charge in [-0.05, 0) is 62.2 Å². The van der Waals surface area contributed by atoms with Crippen molar-refractivity contribution in [2.75, 3.05) is 0 Å². The second-order valence-corrected chi connectivity index (χ2v) is 11.4. The van der Waals surface area contributed by atoms with Crippen molar-refractivity contribution < 1.29 is 8.76 Å². The third-order valence-electron chi connectivity index (χ3n) is 2.12. The Balaban J connectivity index is 3.30. The molecule has 84 valence electrons. The van der Waals surface area contributed by atoms with Crippen LogP contribution in [-0.4, -0.2) is 8.76 Å². The van der Waals surface area contributed by atoms with Gasteiger partial charge in [-0.15, -0.1) is 0 Å². The van der Waals surface area contributed by atoms with E-state index in [-0.39, 0.29) is 0 Å². The molecule has 1 aromatic carbocycles. The normalized spacial score (nSPS) is 14.3. The van der Waals surface area contributed by atoms with Gasteiger partial charge < -0.3 is 4.55 Å². The molecule has 0 aromatic heterocycles. The first-order valence-electron chi connectivity index (χ1n) is 4.45. The molecule has 0 fully saturated rings. The minimum Gasteiger partial charge on any atom is -0.304 e. The summed E-state index contributed by atoms with van der Waals surface area (Å²) in [5.74, 6) is 0.355. The summed E-state index contributed by atoms with van der Waals surface area (Å²) in [5.41, 5.74) is 2.06. The molecule has 0 saturated carbocycles. The molecule has 0 aliphatic rings. The maximum atomic E-state index is 11.3. The summed E-state index contributed by atoms with van der Waals surface area (Å²) < 4.78 is 19.8. The Morgan fingerprint density at radius 1 is 1.33 bits per heavy atom. The molecule has 0 saturated heterocycles. The molecule has 0 aliphatic carbocycles. The van der Waals surface area contributed by atoms with Crippen LogP contribution in [0, 0.1) is 0 Å². The summed E-state index contributed by atoms with van der Waals surface area (Å²) in [6.45, 7) is 4.17. The summed E-state index contributed by atoms with van der Waals surface area (Å²) in [6.07, 6.45) is 0. The van der Waals surface area contributed by atoms with Crippen LogP contribution in [0.15, 0.2) is 24.3 Å². The van der Waals surface area contributed by atoms with E-state index in [0.717, 1.165) is 11.1 Å². The largest absolute Gasteiger partial charge is 0.304 e. The minimum absolute atomic E-state index is 0.355. The van der Waals surface area contributed by atoms with Crippen molar-refractivity contribution in [1.29, 1.82) is 0 Å². The molecule has 0 spiro atoms. The van der Waals surface area contributed by atoms with Crippen LogP contribution in [0.25, 0.3) is 0 Å². The quantitative estimate of drug-likeness (QED) is 0.430. The molecule has 1 N–H and O–H groups in total. The summed E-state index contributed by atoms with van der Waals surface area (Å²) in [7, 11) is 0. The van der Waals surface area contributed by atoms with Gasteiger partial charge in [0, 0.05) is 0 Å². The molecule has 5 heteroatoms. The van der Waals surface area contributed by atoms with Crippen LogP contribution in [0.4, 0.5) is 0 Å². The van der Waals surface area contributed by atoms with E-state index >= 15 is 0 Å². The van der Waals surface area contributed by atoms with Crippen molar-refractivity contribution in [1.82, 2.24) is 0 Å². The molecule has 0 radical (unpaired) electrons. The van der Waals surface area contributed by atoms with E-state index < -0.39 is 11.8 Å². The fourth-order valence-electron chi connectivity index (χ4n) is 1.36. The van der Waals surface area contributed by atoms with Gasteiger partial charge in [0.1, 0.15) is 0 Å². The molecule has 1 atom stereocenters. The molecule has 0 amide bonds. The second-order valence-electron chi connectivity index (χ2n) is 3.51. The highest BCUT2D eigenvalue weighted by Gasteiger charge is 2.34. The standard InChI is InChI=1S/C10H12I2O2S/c1-7(2)8-5-3-4-6-9(8)10(11,12)15(13)14/h3-7H,1-2H3,(H,13,14). The Bertz CT molecular complexity index is 377. The van der Waals surface area contributed by atoms with Crippen molar-refractivity contribution in [3.05, 3.63) is 35.4 Å². The van der Waals surface area contributed by atoms with Crippen LogP contribution in [0.5, 0.6) is 0 Å². The van der Waals surface area contributed by atoms with E-state index in [9.17, 15) is 8.76 Å². The molecular weight excluding hydrogens is 438 g/mol. The molecule has 2 nitrogen and oxygen atoms in total. The van der Waals surface area contributed by atoms with E-state index in [1.54, 1.807) is 0 Å². The Kier molecular flexibility index (Phi) is 5.00. The van der Waals surface area contributed by atoms with Crippen LogP contribution in [0.1, 0.15) is 30.9 Å². The third kappa shape index (κ3) is 3.13. The van der Waals surface area contributed by atoms with Crippen LogP contribution < -0.4 is 0 Å². The highest BCUT2D eigenvalue weighted by atomic mass is 127. The Morgan fingerprint density at radius 2 is 1.87 bits per heavy atom. The van der Waals surface area contributed by atoms with E-state index in [1.165, 1.54) is 0 Å². The van der Waals surface area contributed by atoms with Gasteiger partial charge in [0.15, 0.2) is 11.8 Å². The zero-order chi connectivity index (χ0) is 11.6. The monoisotopic (exact) mass is 450 g/mol. The maximum absolute atomic E-state index is 11.3. The fourth-order valence-corrected chi connectivity index (χ4v) is 2.72. The third-order valence-corrected chi connectivity index (χ3v) is 6.20.